The highest BCUT2D eigenvalue weighted by Gasteiger charge is 2.16. The van der Waals surface area contributed by atoms with Gasteiger partial charge in [-0.3, -0.25) is 4.98 Å². The fraction of sp³-hybridized carbons (Fsp3) is 0.190. The van der Waals surface area contributed by atoms with Gasteiger partial charge in [-0.1, -0.05) is 61.3 Å². The molecule has 24 heavy (non-hydrogen) atoms. The van der Waals surface area contributed by atoms with Gasteiger partial charge in [-0.25, -0.2) is 0 Å². The van der Waals surface area contributed by atoms with Crippen molar-refractivity contribution < 1.29 is 0 Å². The summed E-state index contributed by atoms with van der Waals surface area (Å²) in [5.74, 6) is 0. The molecule has 0 saturated carbocycles. The van der Waals surface area contributed by atoms with E-state index in [1.54, 1.807) is 0 Å². The standard InChI is InChI=1S/C21H19ClN2/c1-2-3-14-24-19-11-7-5-8-15(19)16-12-13-23-20(21(16)24)17-9-4-6-10-18(17)22/h4-13H,2-3,14H2,1H3. The van der Waals surface area contributed by atoms with Gasteiger partial charge in [0.15, 0.2) is 0 Å². The molecule has 2 heterocycles. The van der Waals surface area contributed by atoms with Gasteiger partial charge in [-0.15, -0.1) is 0 Å². The third kappa shape index (κ3) is 2.38. The first-order chi connectivity index (χ1) is 11.8. The normalized spacial score (nSPS) is 11.4. The van der Waals surface area contributed by atoms with Crippen LogP contribution in [-0.4, -0.2) is 9.55 Å². The number of halogens is 1. The fourth-order valence-corrected chi connectivity index (χ4v) is 3.63. The Morgan fingerprint density at radius 2 is 1.75 bits per heavy atom. The maximum Gasteiger partial charge on any atom is 0.0960 e. The zero-order valence-electron chi connectivity index (χ0n) is 13.7. The lowest BCUT2D eigenvalue weighted by molar-refractivity contribution is 0.665. The molecule has 2 aromatic heterocycles. The SMILES string of the molecule is CCCCn1c2ccccc2c2ccnc(-c3ccccc3Cl)c21. The lowest BCUT2D eigenvalue weighted by atomic mass is 10.1. The molecule has 0 unspecified atom stereocenters. The number of benzene rings is 2. The van der Waals surface area contributed by atoms with Crippen LogP contribution in [0.4, 0.5) is 0 Å². The van der Waals surface area contributed by atoms with Gasteiger partial charge in [0.05, 0.1) is 16.2 Å². The van der Waals surface area contributed by atoms with Crippen LogP contribution in [-0.2, 0) is 6.54 Å². The topological polar surface area (TPSA) is 17.8 Å². The molecule has 0 atom stereocenters. The first-order valence-electron chi connectivity index (χ1n) is 8.42. The maximum absolute atomic E-state index is 6.47. The predicted molar refractivity (Wildman–Crippen MR) is 103 cm³/mol. The zero-order chi connectivity index (χ0) is 16.5. The molecule has 0 aliphatic heterocycles. The molecule has 4 rings (SSSR count). The van der Waals surface area contributed by atoms with Crippen LogP contribution >= 0.6 is 11.6 Å². The largest absolute Gasteiger partial charge is 0.339 e. The number of unbranched alkanes of at least 4 members (excludes halogenated alkanes) is 1. The Morgan fingerprint density at radius 1 is 0.958 bits per heavy atom. The molecule has 3 heteroatoms. The van der Waals surface area contributed by atoms with Crippen LogP contribution in [0.5, 0.6) is 0 Å². The molecule has 2 aromatic carbocycles. The van der Waals surface area contributed by atoms with Crippen LogP contribution in [0.25, 0.3) is 33.1 Å². The lowest BCUT2D eigenvalue weighted by Gasteiger charge is -2.11. The predicted octanol–water partition coefficient (Wildman–Crippen LogP) is 6.31. The molecule has 120 valence electrons. The summed E-state index contributed by atoms with van der Waals surface area (Å²) in [6.45, 7) is 3.21. The van der Waals surface area contributed by atoms with E-state index in [-0.39, 0.29) is 0 Å². The Labute approximate surface area is 146 Å². The molecule has 0 bridgehead atoms. The summed E-state index contributed by atoms with van der Waals surface area (Å²) < 4.78 is 2.40. The number of rotatable bonds is 4. The van der Waals surface area contributed by atoms with Crippen molar-refractivity contribution in [2.75, 3.05) is 0 Å². The number of para-hydroxylation sites is 1. The zero-order valence-corrected chi connectivity index (χ0v) is 14.4. The number of hydrogen-bond donors (Lipinski definition) is 0. The van der Waals surface area contributed by atoms with Crippen LogP contribution in [0.15, 0.2) is 60.8 Å². The van der Waals surface area contributed by atoms with E-state index in [1.165, 1.54) is 21.8 Å². The third-order valence-corrected chi connectivity index (χ3v) is 4.87. The summed E-state index contributed by atoms with van der Waals surface area (Å²) >= 11 is 6.47. The minimum atomic E-state index is 0.741. The van der Waals surface area contributed by atoms with Crippen LogP contribution < -0.4 is 0 Å². The summed E-state index contributed by atoms with van der Waals surface area (Å²) in [6, 6.07) is 18.6. The average molecular weight is 335 g/mol. The summed E-state index contributed by atoms with van der Waals surface area (Å²) in [5.41, 5.74) is 4.40. The number of fused-ring (bicyclic) bond motifs is 3. The van der Waals surface area contributed by atoms with Gasteiger partial charge in [-0.05, 0) is 24.6 Å². The van der Waals surface area contributed by atoms with Crippen molar-refractivity contribution in [1.82, 2.24) is 9.55 Å². The second kappa shape index (κ2) is 6.29. The van der Waals surface area contributed by atoms with E-state index in [9.17, 15) is 0 Å². The van der Waals surface area contributed by atoms with E-state index in [2.05, 4.69) is 41.8 Å². The Kier molecular flexibility index (Phi) is 3.99. The van der Waals surface area contributed by atoms with E-state index in [4.69, 9.17) is 16.6 Å². The Bertz CT molecular complexity index is 1020. The average Bonchev–Trinajstić information content (AvgIpc) is 2.95. The molecule has 0 amide bonds. The maximum atomic E-state index is 6.47. The van der Waals surface area contributed by atoms with Gasteiger partial charge in [0.25, 0.3) is 0 Å². The Morgan fingerprint density at radius 3 is 2.58 bits per heavy atom. The van der Waals surface area contributed by atoms with Gasteiger partial charge in [-0.2, -0.15) is 0 Å². The van der Waals surface area contributed by atoms with Crippen LogP contribution in [0.2, 0.25) is 5.02 Å². The third-order valence-electron chi connectivity index (χ3n) is 4.54. The number of pyridine rings is 1. The van der Waals surface area contributed by atoms with Gasteiger partial charge >= 0.3 is 0 Å². The molecule has 0 saturated heterocycles. The van der Waals surface area contributed by atoms with Gasteiger partial charge in [0.1, 0.15) is 0 Å². The number of aromatic nitrogens is 2. The molecular formula is C21H19ClN2. The smallest absolute Gasteiger partial charge is 0.0960 e. The van der Waals surface area contributed by atoms with E-state index in [0.29, 0.717) is 0 Å². The summed E-state index contributed by atoms with van der Waals surface area (Å²) in [6.07, 6.45) is 4.19. The molecule has 2 nitrogen and oxygen atoms in total. The molecule has 0 fully saturated rings. The van der Waals surface area contributed by atoms with Gasteiger partial charge in [0, 0.05) is 34.6 Å². The molecule has 0 aliphatic carbocycles. The van der Waals surface area contributed by atoms with Crippen molar-refractivity contribution in [1.29, 1.82) is 0 Å². The number of aryl methyl sites for hydroxylation is 1. The minimum absolute atomic E-state index is 0.741. The van der Waals surface area contributed by atoms with Crippen LogP contribution in [0, 0.1) is 0 Å². The highest BCUT2D eigenvalue weighted by Crippen LogP contribution is 2.37. The summed E-state index contributed by atoms with van der Waals surface area (Å²) in [7, 11) is 0. The van der Waals surface area contributed by atoms with E-state index >= 15 is 0 Å². The van der Waals surface area contributed by atoms with Crippen molar-refractivity contribution in [2.45, 2.75) is 26.3 Å². The second-order valence-corrected chi connectivity index (χ2v) is 6.47. The van der Waals surface area contributed by atoms with Gasteiger partial charge < -0.3 is 4.57 Å². The minimum Gasteiger partial charge on any atom is -0.339 e. The molecule has 4 aromatic rings. The molecule has 0 aliphatic rings. The fourth-order valence-electron chi connectivity index (χ4n) is 3.40. The molecular weight excluding hydrogens is 316 g/mol. The highest BCUT2D eigenvalue weighted by atomic mass is 35.5. The number of hydrogen-bond acceptors (Lipinski definition) is 1. The molecule has 0 spiro atoms. The van der Waals surface area contributed by atoms with Crippen molar-refractivity contribution in [3.63, 3.8) is 0 Å². The summed E-state index contributed by atoms with van der Waals surface area (Å²) in [4.78, 5) is 4.70. The molecule has 0 N–H and O–H groups in total. The van der Waals surface area contributed by atoms with E-state index < -0.39 is 0 Å². The van der Waals surface area contributed by atoms with Crippen molar-refractivity contribution in [3.8, 4) is 11.3 Å². The quantitative estimate of drug-likeness (QED) is 0.427. The van der Waals surface area contributed by atoms with Crippen molar-refractivity contribution in [3.05, 3.63) is 65.8 Å². The van der Waals surface area contributed by atoms with Crippen LogP contribution in [0.1, 0.15) is 19.8 Å². The lowest BCUT2D eigenvalue weighted by Crippen LogP contribution is -1.99. The molecule has 0 radical (unpaired) electrons. The van der Waals surface area contributed by atoms with E-state index in [0.717, 1.165) is 35.7 Å². The summed E-state index contributed by atoms with van der Waals surface area (Å²) in [5, 5.41) is 3.26. The Balaban J connectivity index is 2.10. The highest BCUT2D eigenvalue weighted by molar-refractivity contribution is 6.33. The van der Waals surface area contributed by atoms with Gasteiger partial charge in [0.2, 0.25) is 0 Å². The number of nitrogens with zero attached hydrogens (tertiary/aromatic N) is 2. The van der Waals surface area contributed by atoms with E-state index in [1.807, 2.05) is 30.5 Å². The Hall–Kier alpha value is -2.32. The second-order valence-electron chi connectivity index (χ2n) is 6.06. The van der Waals surface area contributed by atoms with Crippen LogP contribution in [0.3, 0.4) is 0 Å². The monoisotopic (exact) mass is 334 g/mol. The van der Waals surface area contributed by atoms with Crippen molar-refractivity contribution in [2.24, 2.45) is 0 Å². The first kappa shape index (κ1) is 15.2. The first-order valence-corrected chi connectivity index (χ1v) is 8.80. The van der Waals surface area contributed by atoms with Crippen molar-refractivity contribution >= 4 is 33.4 Å².